The summed E-state index contributed by atoms with van der Waals surface area (Å²) < 4.78 is 30.3. The number of nitrogens with zero attached hydrogens (tertiary/aromatic N) is 1. The molecular weight excluding hydrogens is 288 g/mol. The van der Waals surface area contributed by atoms with E-state index < -0.39 is 10.0 Å². The molecule has 0 aliphatic rings. The summed E-state index contributed by atoms with van der Waals surface area (Å²) in [6.07, 6.45) is 1.71. The van der Waals surface area contributed by atoms with Gasteiger partial charge in [0.15, 0.2) is 0 Å². The Morgan fingerprint density at radius 1 is 1.24 bits per heavy atom. The average molecular weight is 304 g/mol. The standard InChI is InChI=1S/C15H16N2O3S/c1-2-21(18,19)17-11-3-4-12-20-14-9-5-7-13-8-6-10-16-15(13)14/h5-10,17H,2,11-12H2,1H3. The van der Waals surface area contributed by atoms with E-state index in [4.69, 9.17) is 4.74 Å². The molecule has 0 atom stereocenters. The zero-order valence-electron chi connectivity index (χ0n) is 11.7. The Morgan fingerprint density at radius 2 is 2.05 bits per heavy atom. The largest absolute Gasteiger partial charge is 0.479 e. The number of rotatable bonds is 5. The maximum Gasteiger partial charge on any atom is 0.212 e. The van der Waals surface area contributed by atoms with Crippen LogP contribution in [0.2, 0.25) is 0 Å². The van der Waals surface area contributed by atoms with Crippen molar-refractivity contribution in [2.75, 3.05) is 18.9 Å². The van der Waals surface area contributed by atoms with E-state index in [1.165, 1.54) is 0 Å². The van der Waals surface area contributed by atoms with Gasteiger partial charge >= 0.3 is 0 Å². The fraction of sp³-hybridized carbons (Fsp3) is 0.267. The van der Waals surface area contributed by atoms with Crippen molar-refractivity contribution in [3.63, 3.8) is 0 Å². The molecule has 2 aromatic rings. The highest BCUT2D eigenvalue weighted by Crippen LogP contribution is 2.22. The van der Waals surface area contributed by atoms with Gasteiger partial charge in [0.05, 0.1) is 12.3 Å². The fourth-order valence-electron chi connectivity index (χ4n) is 1.67. The summed E-state index contributed by atoms with van der Waals surface area (Å²) in [7, 11) is -3.19. The summed E-state index contributed by atoms with van der Waals surface area (Å²) in [5.41, 5.74) is 0.786. The molecule has 2 rings (SSSR count). The van der Waals surface area contributed by atoms with E-state index in [0.29, 0.717) is 5.75 Å². The molecule has 0 saturated carbocycles. The summed E-state index contributed by atoms with van der Waals surface area (Å²) in [6, 6.07) is 9.51. The first-order valence-corrected chi connectivity index (χ1v) is 8.17. The number of hydrogen-bond acceptors (Lipinski definition) is 4. The summed E-state index contributed by atoms with van der Waals surface area (Å²) in [6.45, 7) is 1.85. The average Bonchev–Trinajstić information content (AvgIpc) is 2.51. The molecule has 1 aromatic heterocycles. The molecule has 0 radical (unpaired) electrons. The number of aromatic nitrogens is 1. The van der Waals surface area contributed by atoms with Gasteiger partial charge in [-0.15, -0.1) is 0 Å². The van der Waals surface area contributed by atoms with Crippen LogP contribution in [-0.4, -0.2) is 32.3 Å². The number of fused-ring (bicyclic) bond motifs is 1. The van der Waals surface area contributed by atoms with Crippen molar-refractivity contribution < 1.29 is 13.2 Å². The molecule has 0 bridgehead atoms. The lowest BCUT2D eigenvalue weighted by Crippen LogP contribution is -2.25. The minimum Gasteiger partial charge on any atom is -0.479 e. The lowest BCUT2D eigenvalue weighted by molar-refractivity contribution is 0.374. The molecule has 5 nitrogen and oxygen atoms in total. The van der Waals surface area contributed by atoms with Gasteiger partial charge in [-0.05, 0) is 19.1 Å². The number of benzene rings is 1. The van der Waals surface area contributed by atoms with Crippen molar-refractivity contribution in [2.24, 2.45) is 0 Å². The van der Waals surface area contributed by atoms with Crippen LogP contribution in [0.5, 0.6) is 5.75 Å². The van der Waals surface area contributed by atoms with Gasteiger partial charge < -0.3 is 4.74 Å². The zero-order valence-corrected chi connectivity index (χ0v) is 12.5. The van der Waals surface area contributed by atoms with Crippen LogP contribution in [0.25, 0.3) is 10.9 Å². The first kappa shape index (κ1) is 15.3. The predicted octanol–water partition coefficient (Wildman–Crippen LogP) is 1.56. The molecule has 0 saturated heterocycles. The molecule has 6 heteroatoms. The van der Waals surface area contributed by atoms with Gasteiger partial charge in [-0.1, -0.05) is 30.0 Å². The number of sulfonamides is 1. The highest BCUT2D eigenvalue weighted by atomic mass is 32.2. The number of hydrogen-bond donors (Lipinski definition) is 1. The van der Waals surface area contributed by atoms with E-state index in [9.17, 15) is 8.42 Å². The number of ether oxygens (including phenoxy) is 1. The topological polar surface area (TPSA) is 68.3 Å². The maximum absolute atomic E-state index is 11.2. The van der Waals surface area contributed by atoms with E-state index in [1.54, 1.807) is 13.1 Å². The van der Waals surface area contributed by atoms with Crippen LogP contribution in [0.4, 0.5) is 0 Å². The molecular formula is C15H16N2O3S. The molecule has 0 fully saturated rings. The third-order valence-electron chi connectivity index (χ3n) is 2.78. The molecule has 0 spiro atoms. The second kappa shape index (κ2) is 7.07. The smallest absolute Gasteiger partial charge is 0.212 e. The van der Waals surface area contributed by atoms with E-state index in [1.807, 2.05) is 30.3 Å². The van der Waals surface area contributed by atoms with Crippen LogP contribution in [0.3, 0.4) is 0 Å². The molecule has 0 amide bonds. The van der Waals surface area contributed by atoms with Crippen LogP contribution in [0.15, 0.2) is 36.5 Å². The fourth-order valence-corrected chi connectivity index (χ4v) is 2.16. The minimum absolute atomic E-state index is 0.0485. The van der Waals surface area contributed by atoms with Gasteiger partial charge in [0.2, 0.25) is 10.0 Å². The van der Waals surface area contributed by atoms with Gasteiger partial charge in [0.1, 0.15) is 17.9 Å². The highest BCUT2D eigenvalue weighted by Gasteiger charge is 2.03. The normalized spacial score (nSPS) is 10.9. The van der Waals surface area contributed by atoms with Gasteiger partial charge in [0, 0.05) is 11.6 Å². The Hall–Kier alpha value is -2.10. The third-order valence-corrected chi connectivity index (χ3v) is 4.13. The summed E-state index contributed by atoms with van der Waals surface area (Å²) in [5.74, 6) is 6.19. The lowest BCUT2D eigenvalue weighted by atomic mass is 10.2. The van der Waals surface area contributed by atoms with Crippen molar-refractivity contribution in [3.8, 4) is 17.6 Å². The molecule has 110 valence electrons. The first-order chi connectivity index (χ1) is 10.1. The summed E-state index contributed by atoms with van der Waals surface area (Å²) in [4.78, 5) is 4.27. The number of pyridine rings is 1. The SMILES string of the molecule is CCS(=O)(=O)NCC#CCOc1cccc2cccnc12. The van der Waals surface area contributed by atoms with Crippen LogP contribution >= 0.6 is 0 Å². The molecule has 21 heavy (non-hydrogen) atoms. The van der Waals surface area contributed by atoms with Crippen LogP contribution in [0, 0.1) is 11.8 Å². The van der Waals surface area contributed by atoms with E-state index >= 15 is 0 Å². The van der Waals surface area contributed by atoms with Gasteiger partial charge in [-0.3, -0.25) is 4.98 Å². The summed E-state index contributed by atoms with van der Waals surface area (Å²) in [5, 5.41) is 0.999. The molecule has 0 aliphatic carbocycles. The van der Waals surface area contributed by atoms with Crippen LogP contribution < -0.4 is 9.46 Å². The number of nitrogens with one attached hydrogen (secondary N) is 1. The third kappa shape index (κ3) is 4.45. The quantitative estimate of drug-likeness (QED) is 0.851. The Morgan fingerprint density at radius 3 is 2.86 bits per heavy atom. The van der Waals surface area contributed by atoms with Crippen molar-refractivity contribution in [1.29, 1.82) is 0 Å². The van der Waals surface area contributed by atoms with Crippen molar-refractivity contribution in [2.45, 2.75) is 6.92 Å². The van der Waals surface area contributed by atoms with Gasteiger partial charge in [-0.25, -0.2) is 13.1 Å². The summed E-state index contributed by atoms with van der Waals surface area (Å²) >= 11 is 0. The Bertz CT molecular complexity index is 771. The highest BCUT2D eigenvalue weighted by molar-refractivity contribution is 7.89. The monoisotopic (exact) mass is 304 g/mol. The Labute approximate surface area is 124 Å². The lowest BCUT2D eigenvalue weighted by Gasteiger charge is -2.05. The minimum atomic E-state index is -3.19. The van der Waals surface area contributed by atoms with E-state index in [0.717, 1.165) is 10.9 Å². The van der Waals surface area contributed by atoms with Crippen molar-refractivity contribution in [3.05, 3.63) is 36.5 Å². The Balaban J connectivity index is 1.92. The van der Waals surface area contributed by atoms with Gasteiger partial charge in [0.25, 0.3) is 0 Å². The predicted molar refractivity (Wildman–Crippen MR) is 82.5 cm³/mol. The van der Waals surface area contributed by atoms with E-state index in [2.05, 4.69) is 21.5 Å². The molecule has 1 heterocycles. The van der Waals surface area contributed by atoms with E-state index in [-0.39, 0.29) is 18.9 Å². The van der Waals surface area contributed by atoms with Crippen LogP contribution in [-0.2, 0) is 10.0 Å². The van der Waals surface area contributed by atoms with Crippen LogP contribution in [0.1, 0.15) is 6.92 Å². The van der Waals surface area contributed by atoms with Crippen molar-refractivity contribution in [1.82, 2.24) is 9.71 Å². The first-order valence-electron chi connectivity index (χ1n) is 6.52. The Kier molecular flexibility index (Phi) is 5.14. The van der Waals surface area contributed by atoms with Crippen molar-refractivity contribution >= 4 is 20.9 Å². The number of para-hydroxylation sites is 1. The van der Waals surface area contributed by atoms with Gasteiger partial charge in [-0.2, -0.15) is 0 Å². The second-order valence-corrected chi connectivity index (χ2v) is 6.29. The molecule has 1 aromatic carbocycles. The molecule has 0 aliphatic heterocycles. The zero-order chi connectivity index (χ0) is 15.1. The second-order valence-electron chi connectivity index (χ2n) is 4.20. The maximum atomic E-state index is 11.2. The molecule has 0 unspecified atom stereocenters. The molecule has 1 N–H and O–H groups in total.